The van der Waals surface area contributed by atoms with Gasteiger partial charge in [-0.05, 0) is 18.2 Å². The Morgan fingerprint density at radius 3 is 2.57 bits per heavy atom. The molecular weight excluding hydrogens is 536 g/mol. The lowest BCUT2D eigenvalue weighted by molar-refractivity contribution is 0.0733. The van der Waals surface area contributed by atoms with Crippen molar-refractivity contribution in [1.82, 2.24) is 19.3 Å². The first kappa shape index (κ1) is 27.4. The maximum atomic E-state index is 12.9. The monoisotopic (exact) mass is 566 g/mol. The van der Waals surface area contributed by atoms with E-state index in [1.54, 1.807) is 30.5 Å². The molecule has 37 heavy (non-hydrogen) atoms. The van der Waals surface area contributed by atoms with Crippen LogP contribution in [0.2, 0.25) is 0 Å². The molecule has 1 aliphatic rings. The molecule has 0 amide bonds. The molecule has 0 atom stereocenters. The van der Waals surface area contributed by atoms with Crippen molar-refractivity contribution in [2.24, 2.45) is 0 Å². The molecule has 0 bridgehead atoms. The Bertz CT molecular complexity index is 1450. The molecule has 2 aromatic heterocycles. The van der Waals surface area contributed by atoms with Crippen molar-refractivity contribution in [3.05, 3.63) is 41.5 Å². The highest BCUT2D eigenvalue weighted by Crippen LogP contribution is 2.39. The molecule has 0 radical (unpaired) electrons. The van der Waals surface area contributed by atoms with Crippen molar-refractivity contribution in [3.8, 4) is 21.8 Å². The van der Waals surface area contributed by atoms with E-state index in [4.69, 9.17) is 9.72 Å². The fourth-order valence-electron chi connectivity index (χ4n) is 3.60. The highest BCUT2D eigenvalue weighted by atomic mass is 32.2. The van der Waals surface area contributed by atoms with E-state index in [1.807, 2.05) is 6.07 Å². The van der Waals surface area contributed by atoms with Gasteiger partial charge in [0.05, 0.1) is 45.9 Å². The van der Waals surface area contributed by atoms with Gasteiger partial charge in [0.2, 0.25) is 5.95 Å². The molecule has 0 saturated carbocycles. The van der Waals surface area contributed by atoms with E-state index < -0.39 is 20.0 Å². The van der Waals surface area contributed by atoms with E-state index in [-0.39, 0.29) is 18.2 Å². The van der Waals surface area contributed by atoms with Crippen LogP contribution >= 0.6 is 11.3 Å². The first-order valence-electron chi connectivity index (χ1n) is 11.7. The van der Waals surface area contributed by atoms with Gasteiger partial charge in [0.1, 0.15) is 9.84 Å². The fourth-order valence-corrected chi connectivity index (χ4v) is 6.32. The normalized spacial score (nSPS) is 15.1. The van der Waals surface area contributed by atoms with E-state index >= 15 is 0 Å². The number of hydrogen-bond donors (Lipinski definition) is 2. The van der Waals surface area contributed by atoms with Crippen LogP contribution in [0.15, 0.2) is 36.5 Å². The molecule has 1 fully saturated rings. The predicted molar refractivity (Wildman–Crippen MR) is 146 cm³/mol. The quantitative estimate of drug-likeness (QED) is 0.379. The molecule has 1 aliphatic heterocycles. The van der Waals surface area contributed by atoms with Crippen LogP contribution in [-0.2, 0) is 24.8 Å². The second kappa shape index (κ2) is 11.4. The molecule has 11 nitrogen and oxygen atoms in total. The fraction of sp³-hybridized carbons (Fsp3) is 0.435. The van der Waals surface area contributed by atoms with E-state index in [0.29, 0.717) is 49.3 Å². The average Bonchev–Trinajstić information content (AvgIpc) is 3.30. The smallest absolute Gasteiger partial charge is 0.301 e. The van der Waals surface area contributed by atoms with Gasteiger partial charge in [-0.1, -0.05) is 26.0 Å². The molecule has 4 rings (SSSR count). The van der Waals surface area contributed by atoms with E-state index in [1.165, 1.54) is 21.9 Å². The topological polar surface area (TPSA) is 143 Å². The summed E-state index contributed by atoms with van der Waals surface area (Å²) in [5, 5.41) is 3.87. The average molecular weight is 567 g/mol. The second-order valence-corrected chi connectivity index (χ2v) is 13.9. The van der Waals surface area contributed by atoms with Crippen LogP contribution in [0.1, 0.15) is 24.8 Å². The minimum absolute atomic E-state index is 0.0307. The predicted octanol–water partition coefficient (Wildman–Crippen LogP) is 2.84. The Morgan fingerprint density at radius 2 is 1.86 bits per heavy atom. The van der Waals surface area contributed by atoms with Crippen LogP contribution < -0.4 is 10.0 Å². The van der Waals surface area contributed by atoms with E-state index in [0.717, 1.165) is 15.4 Å². The van der Waals surface area contributed by atoms with Gasteiger partial charge in [-0.15, -0.1) is 11.3 Å². The van der Waals surface area contributed by atoms with E-state index in [9.17, 15) is 16.8 Å². The molecule has 0 aliphatic carbocycles. The molecule has 1 saturated heterocycles. The third-order valence-electron chi connectivity index (χ3n) is 5.47. The van der Waals surface area contributed by atoms with Gasteiger partial charge >= 0.3 is 10.2 Å². The first-order chi connectivity index (χ1) is 17.5. The van der Waals surface area contributed by atoms with Gasteiger partial charge < -0.3 is 10.1 Å². The van der Waals surface area contributed by atoms with Crippen LogP contribution in [0, 0.1) is 0 Å². The van der Waals surface area contributed by atoms with Crippen LogP contribution in [0.3, 0.4) is 0 Å². The summed E-state index contributed by atoms with van der Waals surface area (Å²) >= 11 is 1.51. The van der Waals surface area contributed by atoms with Crippen molar-refractivity contribution in [2.75, 3.05) is 54.9 Å². The Kier molecular flexibility index (Phi) is 8.43. The number of nitrogens with zero attached hydrogens (tertiary/aromatic N) is 4. The molecule has 200 valence electrons. The Hall–Kier alpha value is -2.65. The number of rotatable bonds is 10. The van der Waals surface area contributed by atoms with Crippen molar-refractivity contribution >= 4 is 43.0 Å². The minimum Gasteiger partial charge on any atom is -0.379 e. The lowest BCUT2D eigenvalue weighted by atomic mass is 10.1. The summed E-state index contributed by atoms with van der Waals surface area (Å²) in [6.45, 7) is 5.64. The maximum absolute atomic E-state index is 12.9. The summed E-state index contributed by atoms with van der Waals surface area (Å²) in [5.74, 6) is 0.463. The zero-order valence-corrected chi connectivity index (χ0v) is 23.3. The summed E-state index contributed by atoms with van der Waals surface area (Å²) in [6.07, 6.45) is 2.79. The molecule has 2 N–H and O–H groups in total. The summed E-state index contributed by atoms with van der Waals surface area (Å²) in [4.78, 5) is 14.5. The highest BCUT2D eigenvalue weighted by molar-refractivity contribution is 7.90. The molecule has 1 aromatic carbocycles. The lowest BCUT2D eigenvalue weighted by Crippen LogP contribution is -2.43. The number of nitrogens with one attached hydrogen (secondary N) is 2. The number of morpholine rings is 1. The van der Waals surface area contributed by atoms with Crippen molar-refractivity contribution in [3.63, 3.8) is 0 Å². The lowest BCUT2D eigenvalue weighted by Gasteiger charge is -2.26. The van der Waals surface area contributed by atoms with Gasteiger partial charge in [-0.3, -0.25) is 4.72 Å². The zero-order valence-electron chi connectivity index (χ0n) is 20.8. The Balaban J connectivity index is 1.64. The first-order valence-corrected chi connectivity index (χ1v) is 16.1. The van der Waals surface area contributed by atoms with Crippen LogP contribution in [-0.4, -0.2) is 80.9 Å². The number of aromatic nitrogens is 3. The van der Waals surface area contributed by atoms with Crippen molar-refractivity contribution < 1.29 is 21.6 Å². The number of sulfone groups is 1. The number of ether oxygens (including phenoxy) is 1. The summed E-state index contributed by atoms with van der Waals surface area (Å²) < 4.78 is 57.9. The highest BCUT2D eigenvalue weighted by Gasteiger charge is 2.25. The van der Waals surface area contributed by atoms with Gasteiger partial charge in [-0.2, -0.15) is 12.7 Å². The zero-order chi connectivity index (χ0) is 26.6. The minimum atomic E-state index is -3.72. The van der Waals surface area contributed by atoms with Crippen molar-refractivity contribution in [1.29, 1.82) is 0 Å². The van der Waals surface area contributed by atoms with Gasteiger partial charge in [0.15, 0.2) is 0 Å². The molecule has 3 aromatic rings. The standard InChI is InChI=1S/C23H30N6O5S3/c1-16(2)22-27-20(21(35-22)19-7-8-24-23(26-19)25-9-14-36(3,30)31)17-5-4-6-18(15-17)28-37(32,33)29-10-12-34-13-11-29/h4-8,15-16,28H,9-14H2,1-3H3,(H,24,25,26). The number of hydrogen-bond acceptors (Lipinski definition) is 10. The van der Waals surface area contributed by atoms with Crippen LogP contribution in [0.4, 0.5) is 11.6 Å². The molecule has 0 spiro atoms. The molecule has 14 heteroatoms. The summed E-state index contributed by atoms with van der Waals surface area (Å²) in [6, 6.07) is 8.89. The molecule has 0 unspecified atom stereocenters. The number of anilines is 2. The van der Waals surface area contributed by atoms with Crippen LogP contribution in [0.5, 0.6) is 0 Å². The van der Waals surface area contributed by atoms with Gasteiger partial charge in [0.25, 0.3) is 0 Å². The molecule has 3 heterocycles. The maximum Gasteiger partial charge on any atom is 0.301 e. The largest absolute Gasteiger partial charge is 0.379 e. The van der Waals surface area contributed by atoms with Crippen LogP contribution in [0.25, 0.3) is 21.8 Å². The SMILES string of the molecule is CC(C)c1nc(-c2cccc(NS(=O)(=O)N3CCOCC3)c2)c(-c2ccnc(NCCS(C)(=O)=O)n2)s1. The van der Waals surface area contributed by atoms with E-state index in [2.05, 4.69) is 33.9 Å². The van der Waals surface area contributed by atoms with Gasteiger partial charge in [0, 0.05) is 43.6 Å². The summed E-state index contributed by atoms with van der Waals surface area (Å²) in [5.41, 5.74) is 2.49. The summed E-state index contributed by atoms with van der Waals surface area (Å²) in [7, 11) is -6.83. The Morgan fingerprint density at radius 1 is 1.11 bits per heavy atom. The van der Waals surface area contributed by atoms with Crippen molar-refractivity contribution in [2.45, 2.75) is 19.8 Å². The third-order valence-corrected chi connectivity index (χ3v) is 9.34. The second-order valence-electron chi connectivity index (χ2n) is 8.91. The number of thiazole rings is 1. The van der Waals surface area contributed by atoms with Gasteiger partial charge in [-0.25, -0.2) is 23.4 Å². The Labute approximate surface area is 221 Å². The third kappa shape index (κ3) is 7.23. The number of benzene rings is 1. The molecular formula is C23H30N6O5S3.